The van der Waals surface area contributed by atoms with Crippen LogP contribution in [-0.2, 0) is 0 Å². The fourth-order valence-corrected chi connectivity index (χ4v) is 2.31. The number of carbonyl (C=O) groups excluding carboxylic acids is 1. The first-order valence-corrected chi connectivity index (χ1v) is 7.28. The second kappa shape index (κ2) is 7.02. The van der Waals surface area contributed by atoms with Crippen molar-refractivity contribution < 1.29 is 13.9 Å². The number of halogens is 1. The summed E-state index contributed by atoms with van der Waals surface area (Å²) in [6.45, 7) is 4.30. The molecule has 0 saturated carbocycles. The Kier molecular flexibility index (Phi) is 5.09. The standard InChI is InChI=1S/C17H19FN2O2/c1-3-11(4-2)12-5-7-14(8-6-12)22-17-15(18)9-13(10-20-17)16(19)21/h5-11H,3-4H2,1-2H3,(H2,19,21). The Balaban J connectivity index is 2.16. The fraction of sp³-hybridized carbons (Fsp3) is 0.294. The second-order valence-electron chi connectivity index (χ2n) is 5.06. The Bertz CT molecular complexity index is 652. The number of hydrogen-bond donors (Lipinski definition) is 1. The van der Waals surface area contributed by atoms with E-state index in [9.17, 15) is 9.18 Å². The number of primary amides is 1. The molecular formula is C17H19FN2O2. The van der Waals surface area contributed by atoms with Crippen molar-refractivity contribution in [3.05, 3.63) is 53.5 Å². The van der Waals surface area contributed by atoms with Crippen molar-refractivity contribution in [1.82, 2.24) is 4.98 Å². The minimum atomic E-state index is -0.729. The van der Waals surface area contributed by atoms with E-state index in [0.717, 1.165) is 18.9 Å². The van der Waals surface area contributed by atoms with Crippen LogP contribution in [0.2, 0.25) is 0 Å². The third-order valence-corrected chi connectivity index (χ3v) is 3.64. The summed E-state index contributed by atoms with van der Waals surface area (Å²) in [4.78, 5) is 14.7. The fourth-order valence-electron chi connectivity index (χ4n) is 2.31. The number of rotatable bonds is 6. The van der Waals surface area contributed by atoms with E-state index in [2.05, 4.69) is 18.8 Å². The Labute approximate surface area is 129 Å². The summed E-state index contributed by atoms with van der Waals surface area (Å²) in [5.74, 6) is -0.625. The van der Waals surface area contributed by atoms with E-state index in [1.807, 2.05) is 12.1 Å². The number of carbonyl (C=O) groups is 1. The van der Waals surface area contributed by atoms with Crippen LogP contribution in [0.4, 0.5) is 4.39 Å². The average molecular weight is 302 g/mol. The van der Waals surface area contributed by atoms with E-state index in [-0.39, 0.29) is 11.4 Å². The molecule has 116 valence electrons. The summed E-state index contributed by atoms with van der Waals surface area (Å²) in [6, 6.07) is 8.54. The summed E-state index contributed by atoms with van der Waals surface area (Å²) in [5.41, 5.74) is 6.31. The van der Waals surface area contributed by atoms with Crippen molar-refractivity contribution in [2.75, 3.05) is 0 Å². The van der Waals surface area contributed by atoms with Crippen molar-refractivity contribution in [1.29, 1.82) is 0 Å². The number of nitrogens with zero attached hydrogens (tertiary/aromatic N) is 1. The van der Waals surface area contributed by atoms with Crippen LogP contribution in [0.1, 0.15) is 48.5 Å². The molecule has 4 nitrogen and oxygen atoms in total. The van der Waals surface area contributed by atoms with E-state index >= 15 is 0 Å². The van der Waals surface area contributed by atoms with E-state index in [1.54, 1.807) is 12.1 Å². The van der Waals surface area contributed by atoms with Crippen LogP contribution in [0.15, 0.2) is 36.5 Å². The third-order valence-electron chi connectivity index (χ3n) is 3.64. The molecule has 0 atom stereocenters. The zero-order chi connectivity index (χ0) is 16.1. The normalized spacial score (nSPS) is 10.7. The largest absolute Gasteiger partial charge is 0.436 e. The number of pyridine rings is 1. The zero-order valence-corrected chi connectivity index (χ0v) is 12.7. The predicted molar refractivity (Wildman–Crippen MR) is 82.6 cm³/mol. The van der Waals surface area contributed by atoms with Crippen LogP contribution in [0, 0.1) is 5.82 Å². The summed E-state index contributed by atoms with van der Waals surface area (Å²) in [7, 11) is 0. The molecule has 0 aliphatic rings. The maximum Gasteiger partial charge on any atom is 0.255 e. The van der Waals surface area contributed by atoms with E-state index in [4.69, 9.17) is 10.5 Å². The average Bonchev–Trinajstić information content (AvgIpc) is 2.52. The first-order valence-electron chi connectivity index (χ1n) is 7.28. The van der Waals surface area contributed by atoms with Crippen LogP contribution in [0.3, 0.4) is 0 Å². The van der Waals surface area contributed by atoms with Crippen molar-refractivity contribution in [2.45, 2.75) is 32.6 Å². The minimum Gasteiger partial charge on any atom is -0.436 e. The highest BCUT2D eigenvalue weighted by Crippen LogP contribution is 2.27. The van der Waals surface area contributed by atoms with Gasteiger partial charge in [-0.3, -0.25) is 4.79 Å². The minimum absolute atomic E-state index is 0.00827. The quantitative estimate of drug-likeness (QED) is 0.876. The van der Waals surface area contributed by atoms with Gasteiger partial charge >= 0.3 is 0 Å². The van der Waals surface area contributed by atoms with Crippen molar-refractivity contribution in [3.8, 4) is 11.6 Å². The van der Waals surface area contributed by atoms with Crippen LogP contribution in [0.5, 0.6) is 11.6 Å². The first-order chi connectivity index (χ1) is 10.5. The maximum atomic E-state index is 13.8. The topological polar surface area (TPSA) is 65.2 Å². The lowest BCUT2D eigenvalue weighted by atomic mass is 9.94. The molecule has 0 bridgehead atoms. The molecule has 22 heavy (non-hydrogen) atoms. The van der Waals surface area contributed by atoms with Gasteiger partial charge in [0.1, 0.15) is 5.75 Å². The van der Waals surface area contributed by atoms with Crippen molar-refractivity contribution in [2.24, 2.45) is 5.73 Å². The van der Waals surface area contributed by atoms with Gasteiger partial charge in [0.15, 0.2) is 5.82 Å². The molecule has 1 aromatic heterocycles. The molecule has 0 fully saturated rings. The van der Waals surface area contributed by atoms with Gasteiger partial charge in [0.2, 0.25) is 5.91 Å². The molecule has 1 heterocycles. The molecular weight excluding hydrogens is 283 g/mol. The Morgan fingerprint density at radius 2 is 1.91 bits per heavy atom. The lowest BCUT2D eigenvalue weighted by Crippen LogP contribution is -2.11. The SMILES string of the molecule is CCC(CC)c1ccc(Oc2ncc(C(N)=O)cc2F)cc1. The molecule has 2 rings (SSSR count). The van der Waals surface area contributed by atoms with Crippen LogP contribution < -0.4 is 10.5 Å². The van der Waals surface area contributed by atoms with Gasteiger partial charge in [-0.2, -0.15) is 0 Å². The number of nitrogens with two attached hydrogens (primary N) is 1. The monoisotopic (exact) mass is 302 g/mol. The maximum absolute atomic E-state index is 13.8. The second-order valence-corrected chi connectivity index (χ2v) is 5.06. The van der Waals surface area contributed by atoms with E-state index in [1.165, 1.54) is 11.8 Å². The number of aromatic nitrogens is 1. The van der Waals surface area contributed by atoms with Gasteiger partial charge in [-0.25, -0.2) is 9.37 Å². The molecule has 2 aromatic rings. The lowest BCUT2D eigenvalue weighted by molar-refractivity contribution is 0.0999. The lowest BCUT2D eigenvalue weighted by Gasteiger charge is -2.13. The smallest absolute Gasteiger partial charge is 0.255 e. The Morgan fingerprint density at radius 1 is 1.27 bits per heavy atom. The number of hydrogen-bond acceptors (Lipinski definition) is 3. The summed E-state index contributed by atoms with van der Waals surface area (Å²) in [6.07, 6.45) is 3.34. The summed E-state index contributed by atoms with van der Waals surface area (Å²) < 4.78 is 19.2. The highest BCUT2D eigenvalue weighted by atomic mass is 19.1. The van der Waals surface area contributed by atoms with Gasteiger partial charge in [-0.05, 0) is 42.5 Å². The molecule has 1 aromatic carbocycles. The van der Waals surface area contributed by atoms with Gasteiger partial charge < -0.3 is 10.5 Å². The van der Waals surface area contributed by atoms with Crippen LogP contribution in [0.25, 0.3) is 0 Å². The van der Waals surface area contributed by atoms with E-state index in [0.29, 0.717) is 11.7 Å². The zero-order valence-electron chi connectivity index (χ0n) is 12.7. The number of benzene rings is 1. The van der Waals surface area contributed by atoms with Crippen LogP contribution >= 0.6 is 0 Å². The third kappa shape index (κ3) is 3.61. The molecule has 0 aliphatic carbocycles. The van der Waals surface area contributed by atoms with Gasteiger partial charge in [0.05, 0.1) is 5.56 Å². The molecule has 2 N–H and O–H groups in total. The number of amides is 1. The van der Waals surface area contributed by atoms with Gasteiger partial charge in [-0.15, -0.1) is 0 Å². The van der Waals surface area contributed by atoms with Crippen molar-refractivity contribution in [3.63, 3.8) is 0 Å². The van der Waals surface area contributed by atoms with Crippen molar-refractivity contribution >= 4 is 5.91 Å². The van der Waals surface area contributed by atoms with Crippen LogP contribution in [-0.4, -0.2) is 10.9 Å². The Hall–Kier alpha value is -2.43. The molecule has 5 heteroatoms. The summed E-state index contributed by atoms with van der Waals surface area (Å²) in [5, 5.41) is 0. The van der Waals surface area contributed by atoms with Gasteiger partial charge in [0, 0.05) is 6.20 Å². The molecule has 0 unspecified atom stereocenters. The Morgan fingerprint density at radius 3 is 2.41 bits per heavy atom. The van der Waals surface area contributed by atoms with Gasteiger partial charge in [0.25, 0.3) is 5.88 Å². The molecule has 0 aliphatic heterocycles. The summed E-state index contributed by atoms with van der Waals surface area (Å²) >= 11 is 0. The highest BCUT2D eigenvalue weighted by Gasteiger charge is 2.11. The van der Waals surface area contributed by atoms with E-state index < -0.39 is 11.7 Å². The molecule has 0 saturated heterocycles. The molecule has 0 spiro atoms. The predicted octanol–water partition coefficient (Wildman–Crippen LogP) is 4.02. The molecule has 1 amide bonds. The first kappa shape index (κ1) is 15.9. The highest BCUT2D eigenvalue weighted by molar-refractivity contribution is 5.92. The number of ether oxygens (including phenoxy) is 1. The molecule has 0 radical (unpaired) electrons. The van der Waals surface area contributed by atoms with Gasteiger partial charge in [-0.1, -0.05) is 26.0 Å².